The average Bonchev–Trinajstić information content (AvgIpc) is 3.37. The summed E-state index contributed by atoms with van der Waals surface area (Å²) >= 11 is 0. The van der Waals surface area contributed by atoms with Crippen molar-refractivity contribution >= 4 is 0 Å². The maximum atomic E-state index is 14.1. The van der Waals surface area contributed by atoms with Crippen LogP contribution in [0, 0.1) is 18.6 Å². The molecule has 2 aliphatic heterocycles. The lowest BCUT2D eigenvalue weighted by atomic mass is 10.2. The van der Waals surface area contributed by atoms with Gasteiger partial charge in [0.1, 0.15) is 17.3 Å². The third-order valence-corrected chi connectivity index (χ3v) is 5.40. The molecule has 0 aliphatic carbocycles. The standard InChI is InChI=1S/C19H11F5N6/c1-10-6-15-13-7-11(20)2-4-27(13)19(29(15)25-10)28-5-3-12(21)8-14(28)16-9-17(18(22,23)24)26-30(16)19/h2-9H,1H3/q+2. The SMILES string of the molecule is Cc1cc2n(n1)C1(n3nc(C(F)(F)F)cc3-c3cc(F)cc[n+]31)[n+]1ccc(F)cc1-2. The monoisotopic (exact) mass is 418 g/mol. The highest BCUT2D eigenvalue weighted by atomic mass is 19.4. The molecule has 6 heterocycles. The Bertz CT molecular complexity index is 1380. The van der Waals surface area contributed by atoms with Crippen molar-refractivity contribution in [3.05, 3.63) is 71.8 Å². The van der Waals surface area contributed by atoms with Crippen LogP contribution in [-0.2, 0) is 12.1 Å². The molecular weight excluding hydrogens is 407 g/mol. The molecule has 30 heavy (non-hydrogen) atoms. The van der Waals surface area contributed by atoms with Crippen LogP contribution < -0.4 is 9.13 Å². The van der Waals surface area contributed by atoms with Gasteiger partial charge in [0.15, 0.2) is 23.8 Å². The van der Waals surface area contributed by atoms with Gasteiger partial charge in [-0.25, -0.2) is 8.78 Å². The Morgan fingerprint density at radius 1 is 0.833 bits per heavy atom. The molecule has 150 valence electrons. The summed E-state index contributed by atoms with van der Waals surface area (Å²) in [6, 6.07) is 7.38. The second-order valence-electron chi connectivity index (χ2n) is 7.21. The van der Waals surface area contributed by atoms with E-state index in [1.165, 1.54) is 35.3 Å². The third-order valence-electron chi connectivity index (χ3n) is 5.40. The van der Waals surface area contributed by atoms with Gasteiger partial charge in [0.05, 0.1) is 5.69 Å². The van der Waals surface area contributed by atoms with E-state index in [2.05, 4.69) is 10.2 Å². The van der Waals surface area contributed by atoms with E-state index in [-0.39, 0.29) is 11.4 Å². The molecule has 0 radical (unpaired) electrons. The van der Waals surface area contributed by atoms with Crippen LogP contribution >= 0.6 is 0 Å². The zero-order valence-electron chi connectivity index (χ0n) is 15.2. The fourth-order valence-corrected chi connectivity index (χ4v) is 4.32. The first-order valence-corrected chi connectivity index (χ1v) is 8.90. The van der Waals surface area contributed by atoms with Crippen LogP contribution in [0.2, 0.25) is 0 Å². The zero-order chi connectivity index (χ0) is 21.0. The van der Waals surface area contributed by atoms with Crippen LogP contribution in [0.15, 0.2) is 48.8 Å². The van der Waals surface area contributed by atoms with Crippen molar-refractivity contribution in [3.8, 4) is 22.8 Å². The molecule has 4 aromatic rings. The number of alkyl halides is 3. The van der Waals surface area contributed by atoms with Crippen LogP contribution in [0.1, 0.15) is 11.4 Å². The Morgan fingerprint density at radius 2 is 1.37 bits per heavy atom. The lowest BCUT2D eigenvalue weighted by Crippen LogP contribution is -2.77. The van der Waals surface area contributed by atoms with Gasteiger partial charge >= 0.3 is 12.1 Å². The highest BCUT2D eigenvalue weighted by Crippen LogP contribution is 2.40. The molecule has 4 aromatic heterocycles. The van der Waals surface area contributed by atoms with Gasteiger partial charge in [0.2, 0.25) is 11.4 Å². The highest BCUT2D eigenvalue weighted by molar-refractivity contribution is 5.58. The van der Waals surface area contributed by atoms with Gasteiger partial charge in [-0.05, 0) is 13.0 Å². The summed E-state index contributed by atoms with van der Waals surface area (Å²) in [6.07, 6.45) is -1.87. The number of aromatic nitrogens is 6. The molecule has 0 saturated carbocycles. The molecule has 6 nitrogen and oxygen atoms in total. The largest absolute Gasteiger partial charge is 0.583 e. The number of nitrogens with zero attached hydrogens (tertiary/aromatic N) is 6. The van der Waals surface area contributed by atoms with E-state index in [4.69, 9.17) is 0 Å². The topological polar surface area (TPSA) is 43.4 Å². The second kappa shape index (κ2) is 5.10. The molecule has 0 saturated heterocycles. The fourth-order valence-electron chi connectivity index (χ4n) is 4.32. The molecule has 1 spiro atoms. The van der Waals surface area contributed by atoms with Crippen LogP contribution in [0.4, 0.5) is 22.0 Å². The first kappa shape index (κ1) is 17.2. The number of hydrogen-bond acceptors (Lipinski definition) is 2. The van der Waals surface area contributed by atoms with Gasteiger partial charge in [-0.2, -0.15) is 23.4 Å². The minimum atomic E-state index is -4.70. The van der Waals surface area contributed by atoms with Crippen molar-refractivity contribution < 1.29 is 31.1 Å². The number of halogens is 5. The first-order valence-electron chi connectivity index (χ1n) is 8.90. The first-order chi connectivity index (χ1) is 14.2. The van der Waals surface area contributed by atoms with E-state index in [9.17, 15) is 22.0 Å². The predicted molar refractivity (Wildman–Crippen MR) is 89.5 cm³/mol. The number of pyridine rings is 2. The lowest BCUT2D eigenvalue weighted by molar-refractivity contribution is -0.990. The van der Waals surface area contributed by atoms with Crippen molar-refractivity contribution in [1.29, 1.82) is 0 Å². The number of rotatable bonds is 0. The van der Waals surface area contributed by atoms with E-state index in [0.717, 1.165) is 16.8 Å². The minimum absolute atomic E-state index is 0.0607. The van der Waals surface area contributed by atoms with Gasteiger partial charge in [-0.15, -0.1) is 9.36 Å². The van der Waals surface area contributed by atoms with Crippen LogP contribution in [-0.4, -0.2) is 19.6 Å². The van der Waals surface area contributed by atoms with Crippen molar-refractivity contribution in [2.45, 2.75) is 19.0 Å². The minimum Gasteiger partial charge on any atom is -0.206 e. The van der Waals surface area contributed by atoms with E-state index < -0.39 is 29.4 Å². The number of fused-ring (bicyclic) bond motifs is 10. The van der Waals surface area contributed by atoms with Crippen molar-refractivity contribution in [2.75, 3.05) is 0 Å². The molecule has 0 aromatic carbocycles. The second-order valence-corrected chi connectivity index (χ2v) is 7.21. The molecule has 0 bridgehead atoms. The Balaban J connectivity index is 1.81. The van der Waals surface area contributed by atoms with Crippen molar-refractivity contribution in [3.63, 3.8) is 0 Å². The Kier molecular flexibility index (Phi) is 2.93. The van der Waals surface area contributed by atoms with Crippen LogP contribution in [0.3, 0.4) is 0 Å². The normalized spacial score (nSPS) is 18.5. The van der Waals surface area contributed by atoms with Crippen LogP contribution in [0.5, 0.6) is 0 Å². The summed E-state index contributed by atoms with van der Waals surface area (Å²) in [4.78, 5) is 0. The lowest BCUT2D eigenvalue weighted by Gasteiger charge is -2.16. The number of hydrogen-bond donors (Lipinski definition) is 0. The van der Waals surface area contributed by atoms with E-state index in [1.54, 1.807) is 22.1 Å². The Hall–Kier alpha value is -3.63. The van der Waals surface area contributed by atoms with Crippen molar-refractivity contribution in [1.82, 2.24) is 19.6 Å². The summed E-state index contributed by atoms with van der Waals surface area (Å²) < 4.78 is 74.4. The summed E-state index contributed by atoms with van der Waals surface area (Å²) in [6.45, 7) is 1.72. The maximum absolute atomic E-state index is 14.1. The number of aryl methyl sites for hydroxylation is 1. The summed E-state index contributed by atoms with van der Waals surface area (Å²) in [5.41, 5.74) is 0.601. The summed E-state index contributed by atoms with van der Waals surface area (Å²) in [7, 11) is 0. The molecule has 0 fully saturated rings. The van der Waals surface area contributed by atoms with Gasteiger partial charge in [-0.1, -0.05) is 9.13 Å². The van der Waals surface area contributed by atoms with E-state index in [1.807, 2.05) is 0 Å². The van der Waals surface area contributed by atoms with Crippen molar-refractivity contribution in [2.24, 2.45) is 0 Å². The zero-order valence-corrected chi connectivity index (χ0v) is 15.2. The molecule has 6 rings (SSSR count). The summed E-state index contributed by atoms with van der Waals surface area (Å²) in [5.74, 6) is -2.70. The smallest absolute Gasteiger partial charge is 0.206 e. The van der Waals surface area contributed by atoms with Gasteiger partial charge in [0.25, 0.3) is 0 Å². The maximum Gasteiger partial charge on any atom is 0.583 e. The summed E-state index contributed by atoms with van der Waals surface area (Å²) in [5, 5.41) is 8.32. The Morgan fingerprint density at radius 3 is 1.93 bits per heavy atom. The molecule has 0 amide bonds. The van der Waals surface area contributed by atoms with Gasteiger partial charge in [-0.3, -0.25) is 0 Å². The molecular formula is C19H11F5N6+2. The fraction of sp³-hybridized carbons (Fsp3) is 0.158. The van der Waals surface area contributed by atoms with E-state index >= 15 is 0 Å². The molecule has 11 heteroatoms. The highest BCUT2D eigenvalue weighted by Gasteiger charge is 2.70. The molecule has 1 atom stereocenters. The molecule has 0 N–H and O–H groups in total. The Labute approximate surface area is 165 Å². The quantitative estimate of drug-likeness (QED) is 0.281. The molecule has 2 aliphatic rings. The van der Waals surface area contributed by atoms with Gasteiger partial charge in [0, 0.05) is 30.3 Å². The van der Waals surface area contributed by atoms with Crippen LogP contribution in [0.25, 0.3) is 22.8 Å². The van der Waals surface area contributed by atoms with E-state index in [0.29, 0.717) is 17.1 Å². The third kappa shape index (κ3) is 1.87. The van der Waals surface area contributed by atoms with Gasteiger partial charge < -0.3 is 0 Å². The average molecular weight is 418 g/mol. The molecule has 1 unspecified atom stereocenters. The predicted octanol–water partition coefficient (Wildman–Crippen LogP) is 2.43.